The third-order valence-electron chi connectivity index (χ3n) is 6.76. The van der Waals surface area contributed by atoms with Crippen molar-refractivity contribution in [3.8, 4) is 23.3 Å². The quantitative estimate of drug-likeness (QED) is 0.309. The largest absolute Gasteiger partial charge is 0.507 e. The number of carbonyl (C=O) groups is 1. The van der Waals surface area contributed by atoms with E-state index in [1.54, 1.807) is 31.3 Å². The number of phenols is 1. The number of fused-ring (bicyclic) bond motifs is 2. The normalized spacial score (nSPS) is 16.2. The number of amides is 1. The van der Waals surface area contributed by atoms with Crippen LogP contribution in [0.3, 0.4) is 0 Å². The fraction of sp³-hybridized carbons (Fsp3) is 0.115. The summed E-state index contributed by atoms with van der Waals surface area (Å²) in [5.41, 5.74) is 7.03. The third-order valence-corrected chi connectivity index (χ3v) is 7.06. The van der Waals surface area contributed by atoms with Gasteiger partial charge in [-0.2, -0.15) is 10.4 Å². The summed E-state index contributed by atoms with van der Waals surface area (Å²) in [6.45, 7) is 1.59. The van der Waals surface area contributed by atoms with Crippen molar-refractivity contribution in [1.29, 1.82) is 5.26 Å². The highest BCUT2D eigenvalue weighted by molar-refractivity contribution is 6.32. The van der Waals surface area contributed by atoms with Crippen molar-refractivity contribution in [2.45, 2.75) is 18.8 Å². The molecule has 2 aromatic carbocycles. The highest BCUT2D eigenvalue weighted by Crippen LogP contribution is 2.46. The maximum absolute atomic E-state index is 14.4. The highest BCUT2D eigenvalue weighted by atomic mass is 35.5. The van der Waals surface area contributed by atoms with E-state index < -0.39 is 11.3 Å². The number of hydrogen-bond donors (Lipinski definition) is 3. The second-order valence-electron chi connectivity index (χ2n) is 9.07. The molecule has 11 nitrogen and oxygen atoms in total. The highest BCUT2D eigenvalue weighted by Gasteiger charge is 2.48. The van der Waals surface area contributed by atoms with Crippen LogP contribution in [-0.2, 0) is 16.6 Å². The maximum atomic E-state index is 14.4. The zero-order chi connectivity index (χ0) is 27.5. The van der Waals surface area contributed by atoms with Crippen LogP contribution in [0.4, 0.5) is 16.0 Å². The van der Waals surface area contributed by atoms with Crippen molar-refractivity contribution in [3.63, 3.8) is 0 Å². The van der Waals surface area contributed by atoms with Crippen LogP contribution in [0.5, 0.6) is 5.75 Å². The number of hydrogen-bond acceptors (Lipinski definition) is 9. The molecule has 0 bridgehead atoms. The van der Waals surface area contributed by atoms with Crippen LogP contribution in [0.15, 0.2) is 48.9 Å². The van der Waals surface area contributed by atoms with E-state index in [1.807, 2.05) is 6.07 Å². The first-order valence-electron chi connectivity index (χ1n) is 11.6. The van der Waals surface area contributed by atoms with Gasteiger partial charge in [0, 0.05) is 6.42 Å². The first kappa shape index (κ1) is 24.2. The molecule has 0 saturated carbocycles. The molecule has 4 N–H and O–H groups in total. The van der Waals surface area contributed by atoms with Crippen molar-refractivity contribution < 1.29 is 14.3 Å². The Morgan fingerprint density at radius 3 is 2.79 bits per heavy atom. The molecule has 1 aliphatic heterocycles. The van der Waals surface area contributed by atoms with Gasteiger partial charge in [-0.15, -0.1) is 0 Å². The summed E-state index contributed by atoms with van der Waals surface area (Å²) < 4.78 is 15.9. The van der Waals surface area contributed by atoms with Gasteiger partial charge in [0.25, 0.3) is 0 Å². The Bertz CT molecular complexity index is 1860. The SMILES string of the molecule is C[C@@]1(c2cc(O)c(C#N)c(Cl)c2)C(=O)Nc2nc(-c3cn4ncnc4c(Cc4ccccc4F)n3)nc(N)c21. The number of nitrogen functional groups attached to an aromatic ring is 1. The molecule has 1 aliphatic rings. The summed E-state index contributed by atoms with van der Waals surface area (Å²) in [7, 11) is 0. The molecule has 0 spiro atoms. The molecule has 1 amide bonds. The van der Waals surface area contributed by atoms with Gasteiger partial charge in [0.15, 0.2) is 11.5 Å². The molecule has 0 aliphatic carbocycles. The molecule has 6 rings (SSSR count). The summed E-state index contributed by atoms with van der Waals surface area (Å²) in [5.74, 6) is -0.977. The van der Waals surface area contributed by atoms with E-state index in [0.717, 1.165) is 0 Å². The Morgan fingerprint density at radius 2 is 2.05 bits per heavy atom. The summed E-state index contributed by atoms with van der Waals surface area (Å²) in [6, 6.07) is 10.9. The first-order chi connectivity index (χ1) is 18.7. The van der Waals surface area contributed by atoms with E-state index >= 15 is 0 Å². The number of aromatic hydroxyl groups is 1. The molecule has 0 fully saturated rings. The fourth-order valence-electron chi connectivity index (χ4n) is 4.73. The van der Waals surface area contributed by atoms with Crippen molar-refractivity contribution in [2.24, 2.45) is 0 Å². The van der Waals surface area contributed by atoms with Gasteiger partial charge in [-0.05, 0) is 36.2 Å². The van der Waals surface area contributed by atoms with Crippen LogP contribution in [0.25, 0.3) is 17.2 Å². The molecule has 0 unspecified atom stereocenters. The number of anilines is 2. The Labute approximate surface area is 224 Å². The average molecular weight is 542 g/mol. The van der Waals surface area contributed by atoms with E-state index in [-0.39, 0.29) is 57.3 Å². The van der Waals surface area contributed by atoms with E-state index in [2.05, 4.69) is 30.4 Å². The van der Waals surface area contributed by atoms with Gasteiger partial charge in [-0.1, -0.05) is 29.8 Å². The van der Waals surface area contributed by atoms with Crippen LogP contribution in [0.1, 0.15) is 34.9 Å². The number of phenolic OH excluding ortho intramolecular Hbond substituents is 1. The van der Waals surface area contributed by atoms with E-state index in [0.29, 0.717) is 22.5 Å². The van der Waals surface area contributed by atoms with Crippen LogP contribution in [0.2, 0.25) is 5.02 Å². The smallest absolute Gasteiger partial charge is 0.240 e. The molecule has 0 saturated heterocycles. The number of nitrogens with zero attached hydrogens (tertiary/aromatic N) is 7. The number of halogens is 2. The molecule has 3 aromatic heterocycles. The minimum Gasteiger partial charge on any atom is -0.507 e. The molecule has 5 aromatic rings. The number of nitrogens with two attached hydrogens (primary N) is 1. The van der Waals surface area contributed by atoms with Gasteiger partial charge in [0.2, 0.25) is 5.91 Å². The summed E-state index contributed by atoms with van der Waals surface area (Å²) in [5, 5.41) is 26.4. The standard InChI is InChI=1S/C26H17ClFN9O2/c1-26(13-7-15(27)14(9-29)19(38)8-13)20-21(30)34-22(35-23(20)36-25(26)39)18-10-37-24(31-11-32-37)17(33-18)6-12-4-2-3-5-16(12)28/h2-5,7-8,10-11,38H,6H2,1H3,(H3,30,34,35,36,39)/t26-/m0/s1. The number of aromatic nitrogens is 6. The lowest BCUT2D eigenvalue weighted by Crippen LogP contribution is -2.33. The second-order valence-corrected chi connectivity index (χ2v) is 9.48. The lowest BCUT2D eigenvalue weighted by atomic mass is 9.77. The maximum Gasteiger partial charge on any atom is 0.240 e. The fourth-order valence-corrected chi connectivity index (χ4v) is 4.99. The zero-order valence-corrected chi connectivity index (χ0v) is 20.9. The van der Waals surface area contributed by atoms with Crippen molar-refractivity contribution in [3.05, 3.63) is 87.7 Å². The molecule has 0 radical (unpaired) electrons. The lowest BCUT2D eigenvalue weighted by molar-refractivity contribution is -0.119. The topological polar surface area (TPSA) is 168 Å². The first-order valence-corrected chi connectivity index (χ1v) is 11.9. The Morgan fingerprint density at radius 1 is 1.26 bits per heavy atom. The van der Waals surface area contributed by atoms with Crippen LogP contribution in [-0.4, -0.2) is 40.6 Å². The molecular weight excluding hydrogens is 525 g/mol. The number of nitrogens with one attached hydrogen (secondary N) is 1. The van der Waals surface area contributed by atoms with Gasteiger partial charge in [0.1, 0.15) is 52.3 Å². The van der Waals surface area contributed by atoms with E-state index in [4.69, 9.17) is 17.3 Å². The summed E-state index contributed by atoms with van der Waals surface area (Å²) in [4.78, 5) is 31.1. The van der Waals surface area contributed by atoms with Crippen LogP contribution in [0, 0.1) is 17.1 Å². The number of carbonyl (C=O) groups excluding carboxylic acids is 1. The van der Waals surface area contributed by atoms with E-state index in [1.165, 1.54) is 29.0 Å². The molecule has 39 heavy (non-hydrogen) atoms. The molecular formula is C26H17ClFN9O2. The second kappa shape index (κ2) is 8.71. The summed E-state index contributed by atoms with van der Waals surface area (Å²) >= 11 is 6.19. The van der Waals surface area contributed by atoms with Crippen molar-refractivity contribution in [2.75, 3.05) is 11.1 Å². The minimum absolute atomic E-state index is 0.00744. The van der Waals surface area contributed by atoms with E-state index in [9.17, 15) is 19.6 Å². The summed E-state index contributed by atoms with van der Waals surface area (Å²) in [6.07, 6.45) is 3.05. The average Bonchev–Trinajstić information content (AvgIpc) is 3.48. The Hall–Kier alpha value is -5.15. The van der Waals surface area contributed by atoms with Gasteiger partial charge < -0.3 is 16.2 Å². The lowest BCUT2D eigenvalue weighted by Gasteiger charge is -2.24. The monoisotopic (exact) mass is 541 g/mol. The van der Waals surface area contributed by atoms with Crippen molar-refractivity contribution >= 4 is 34.8 Å². The van der Waals surface area contributed by atoms with Gasteiger partial charge in [-0.25, -0.2) is 28.8 Å². The predicted molar refractivity (Wildman–Crippen MR) is 138 cm³/mol. The zero-order valence-electron chi connectivity index (χ0n) is 20.1. The van der Waals surface area contributed by atoms with Crippen LogP contribution >= 0.6 is 11.6 Å². The van der Waals surface area contributed by atoms with Crippen LogP contribution < -0.4 is 11.1 Å². The molecule has 4 heterocycles. The number of benzene rings is 2. The van der Waals surface area contributed by atoms with Gasteiger partial charge in [0.05, 0.1) is 22.5 Å². The minimum atomic E-state index is -1.41. The third kappa shape index (κ3) is 3.71. The molecule has 13 heteroatoms. The van der Waals surface area contributed by atoms with Crippen molar-refractivity contribution in [1.82, 2.24) is 29.5 Å². The number of rotatable bonds is 4. The molecule has 1 atom stereocenters. The molecule has 192 valence electrons. The van der Waals surface area contributed by atoms with Gasteiger partial charge >= 0.3 is 0 Å². The predicted octanol–water partition coefficient (Wildman–Crippen LogP) is 3.38. The number of nitriles is 1. The Kier molecular flexibility index (Phi) is 5.41. The van der Waals surface area contributed by atoms with Gasteiger partial charge in [-0.3, -0.25) is 4.79 Å². The Balaban J connectivity index is 1.47.